The quantitative estimate of drug-likeness (QED) is 0.783. The molecule has 3 nitrogen and oxygen atoms in total. The van der Waals surface area contributed by atoms with Crippen LogP contribution in [0, 0.1) is 0 Å². The van der Waals surface area contributed by atoms with Gasteiger partial charge in [-0.25, -0.2) is 4.98 Å². The van der Waals surface area contributed by atoms with E-state index in [0.717, 1.165) is 4.34 Å². The third kappa shape index (κ3) is 4.66. The highest BCUT2D eigenvalue weighted by molar-refractivity contribution is 8.01. The molecule has 1 rings (SSSR count). The van der Waals surface area contributed by atoms with Gasteiger partial charge in [0, 0.05) is 10.6 Å². The average molecular weight is 245 g/mol. The molecule has 0 fully saturated rings. The maximum absolute atomic E-state index is 10.5. The molecule has 0 spiro atoms. The smallest absolute Gasteiger partial charge is 0.309 e. The molecule has 0 aliphatic rings. The van der Waals surface area contributed by atoms with E-state index < -0.39 is 5.97 Å². The van der Waals surface area contributed by atoms with Gasteiger partial charge in [0.05, 0.1) is 12.1 Å². The first-order valence-corrected chi connectivity index (χ1v) is 6.70. The first-order valence-electron chi connectivity index (χ1n) is 4.94. The van der Waals surface area contributed by atoms with Crippen molar-refractivity contribution in [1.82, 2.24) is 4.98 Å². The molecule has 0 bridgehead atoms. The van der Waals surface area contributed by atoms with E-state index in [9.17, 15) is 4.79 Å². The molecule has 15 heavy (non-hydrogen) atoms. The van der Waals surface area contributed by atoms with E-state index >= 15 is 0 Å². The van der Waals surface area contributed by atoms with Crippen molar-refractivity contribution in [3.8, 4) is 0 Å². The van der Waals surface area contributed by atoms with Gasteiger partial charge < -0.3 is 5.11 Å². The number of aliphatic carboxylic acids is 1. The van der Waals surface area contributed by atoms with Gasteiger partial charge in [-0.1, -0.05) is 32.0 Å². The van der Waals surface area contributed by atoms with Crippen LogP contribution in [0.5, 0.6) is 0 Å². The van der Waals surface area contributed by atoms with E-state index in [4.69, 9.17) is 5.11 Å². The molecule has 1 unspecified atom stereocenters. The number of thioether (sulfide) groups is 1. The Labute approximate surface area is 97.9 Å². The first kappa shape index (κ1) is 12.5. The largest absolute Gasteiger partial charge is 0.481 e. The topological polar surface area (TPSA) is 50.2 Å². The summed E-state index contributed by atoms with van der Waals surface area (Å²) in [5.41, 5.74) is 0.665. The second kappa shape index (κ2) is 6.12. The molecular formula is C10H15NO2S2. The van der Waals surface area contributed by atoms with Crippen molar-refractivity contribution in [2.75, 3.05) is 0 Å². The Balaban J connectivity index is 2.48. The second-order valence-electron chi connectivity index (χ2n) is 3.39. The van der Waals surface area contributed by atoms with Gasteiger partial charge in [-0.3, -0.25) is 4.79 Å². The number of carboxylic acids is 1. The summed E-state index contributed by atoms with van der Waals surface area (Å²) in [5, 5.41) is 11.0. The maximum Gasteiger partial charge on any atom is 0.309 e. The minimum absolute atomic E-state index is 0.0270. The Morgan fingerprint density at radius 1 is 1.73 bits per heavy atom. The Bertz CT molecular complexity index is 325. The summed E-state index contributed by atoms with van der Waals surface area (Å²) in [6.45, 7) is 4.33. The molecule has 1 atom stereocenters. The van der Waals surface area contributed by atoms with Crippen molar-refractivity contribution < 1.29 is 9.90 Å². The molecule has 0 aliphatic carbocycles. The zero-order valence-corrected chi connectivity index (χ0v) is 10.5. The van der Waals surface area contributed by atoms with Crippen LogP contribution in [0.25, 0.3) is 0 Å². The highest BCUT2D eigenvalue weighted by atomic mass is 32.2. The molecule has 0 saturated heterocycles. The molecule has 0 radical (unpaired) electrons. The molecule has 84 valence electrons. The van der Waals surface area contributed by atoms with Crippen molar-refractivity contribution in [2.45, 2.75) is 42.7 Å². The van der Waals surface area contributed by atoms with Crippen molar-refractivity contribution in [2.24, 2.45) is 0 Å². The van der Waals surface area contributed by atoms with Gasteiger partial charge in [-0.05, 0) is 6.42 Å². The fourth-order valence-electron chi connectivity index (χ4n) is 1.22. The Morgan fingerprint density at radius 2 is 2.47 bits per heavy atom. The molecule has 1 heterocycles. The highest BCUT2D eigenvalue weighted by Gasteiger charge is 2.09. The lowest BCUT2D eigenvalue weighted by atomic mass is 10.3. The van der Waals surface area contributed by atoms with Crippen molar-refractivity contribution in [3.05, 3.63) is 11.1 Å². The summed E-state index contributed by atoms with van der Waals surface area (Å²) >= 11 is 3.26. The van der Waals surface area contributed by atoms with Crippen LogP contribution in [-0.4, -0.2) is 21.3 Å². The van der Waals surface area contributed by atoms with Crippen LogP contribution in [0.1, 0.15) is 32.4 Å². The standard InChI is InChI=1S/C10H15NO2S2/c1-3-4-7(2)15-10-11-8(6-14-10)5-9(12)13/h6-7H,3-5H2,1-2H3,(H,12,13). The summed E-state index contributed by atoms with van der Waals surface area (Å²) in [5.74, 6) is -0.821. The molecule has 5 heteroatoms. The number of thiazole rings is 1. The Kier molecular flexibility index (Phi) is 5.11. The molecule has 0 saturated carbocycles. The van der Waals surface area contributed by atoms with Crippen LogP contribution < -0.4 is 0 Å². The van der Waals surface area contributed by atoms with Crippen molar-refractivity contribution >= 4 is 29.1 Å². The molecule has 0 aromatic carbocycles. The minimum atomic E-state index is -0.821. The second-order valence-corrected chi connectivity index (χ2v) is 5.94. The fourth-order valence-corrected chi connectivity index (χ4v) is 3.49. The highest BCUT2D eigenvalue weighted by Crippen LogP contribution is 2.28. The van der Waals surface area contributed by atoms with Crippen molar-refractivity contribution in [1.29, 1.82) is 0 Å². The molecular weight excluding hydrogens is 230 g/mol. The van der Waals surface area contributed by atoms with Crippen LogP contribution in [-0.2, 0) is 11.2 Å². The maximum atomic E-state index is 10.5. The van der Waals surface area contributed by atoms with Crippen molar-refractivity contribution in [3.63, 3.8) is 0 Å². The SMILES string of the molecule is CCCC(C)Sc1nc(CC(=O)O)cs1. The first-order chi connectivity index (χ1) is 7.11. The molecule has 1 aromatic rings. The number of aromatic nitrogens is 1. The van der Waals surface area contributed by atoms with Gasteiger partial charge in [0.1, 0.15) is 4.34 Å². The summed E-state index contributed by atoms with van der Waals surface area (Å²) in [4.78, 5) is 14.7. The van der Waals surface area contributed by atoms with Gasteiger partial charge >= 0.3 is 5.97 Å². The van der Waals surface area contributed by atoms with E-state index in [-0.39, 0.29) is 6.42 Å². The Morgan fingerprint density at radius 3 is 3.07 bits per heavy atom. The van der Waals surface area contributed by atoms with Gasteiger partial charge in [0.2, 0.25) is 0 Å². The van der Waals surface area contributed by atoms with Crippen LogP contribution in [0.3, 0.4) is 0 Å². The minimum Gasteiger partial charge on any atom is -0.481 e. The van der Waals surface area contributed by atoms with Crippen LogP contribution >= 0.6 is 23.1 Å². The van der Waals surface area contributed by atoms with E-state index in [1.807, 2.05) is 5.38 Å². The monoisotopic (exact) mass is 245 g/mol. The van der Waals surface area contributed by atoms with E-state index in [0.29, 0.717) is 10.9 Å². The van der Waals surface area contributed by atoms with Crippen LogP contribution in [0.15, 0.2) is 9.72 Å². The normalized spacial score (nSPS) is 12.7. The Hall–Kier alpha value is -0.550. The lowest BCUT2D eigenvalue weighted by Crippen LogP contribution is -2.00. The fraction of sp³-hybridized carbons (Fsp3) is 0.600. The average Bonchev–Trinajstić information content (AvgIpc) is 2.51. The number of nitrogens with zero attached hydrogens (tertiary/aromatic N) is 1. The van der Waals surface area contributed by atoms with Crippen LogP contribution in [0.4, 0.5) is 0 Å². The number of carbonyl (C=O) groups is 1. The zero-order valence-electron chi connectivity index (χ0n) is 8.90. The summed E-state index contributed by atoms with van der Waals surface area (Å²) in [6, 6.07) is 0. The lowest BCUT2D eigenvalue weighted by Gasteiger charge is -2.05. The predicted octanol–water partition coefficient (Wildman–Crippen LogP) is 3.05. The van der Waals surface area contributed by atoms with E-state index in [1.54, 1.807) is 11.8 Å². The summed E-state index contributed by atoms with van der Waals surface area (Å²) in [7, 11) is 0. The van der Waals surface area contributed by atoms with Gasteiger partial charge in [-0.2, -0.15) is 0 Å². The molecule has 0 amide bonds. The number of carboxylic acid groups (broad SMARTS) is 1. The van der Waals surface area contributed by atoms with Crippen LogP contribution in [0.2, 0.25) is 0 Å². The third-order valence-corrected chi connectivity index (χ3v) is 4.05. The number of hydrogen-bond donors (Lipinski definition) is 1. The lowest BCUT2D eigenvalue weighted by molar-refractivity contribution is -0.136. The summed E-state index contributed by atoms with van der Waals surface area (Å²) < 4.78 is 0.979. The zero-order chi connectivity index (χ0) is 11.3. The van der Waals surface area contributed by atoms with Gasteiger partial charge in [-0.15, -0.1) is 11.3 Å². The van der Waals surface area contributed by atoms with E-state index in [2.05, 4.69) is 18.8 Å². The van der Waals surface area contributed by atoms with Gasteiger partial charge in [0.15, 0.2) is 0 Å². The summed E-state index contributed by atoms with van der Waals surface area (Å²) in [6.07, 6.45) is 2.36. The van der Waals surface area contributed by atoms with Gasteiger partial charge in [0.25, 0.3) is 0 Å². The third-order valence-electron chi connectivity index (χ3n) is 1.86. The number of hydrogen-bond acceptors (Lipinski definition) is 4. The predicted molar refractivity (Wildman–Crippen MR) is 63.7 cm³/mol. The number of rotatable bonds is 6. The molecule has 0 aliphatic heterocycles. The molecule has 1 aromatic heterocycles. The molecule has 1 N–H and O–H groups in total. The van der Waals surface area contributed by atoms with E-state index in [1.165, 1.54) is 24.2 Å².